The average molecular weight is 191 g/mol. The molecule has 2 heteroatoms. The fraction of sp³-hybridized carbons (Fsp3) is 0.250. The summed E-state index contributed by atoms with van der Waals surface area (Å²) >= 11 is 0. The molecule has 0 heterocycles. The number of hydrogen-bond acceptors (Lipinski definition) is 2. The predicted octanol–water partition coefficient (Wildman–Crippen LogP) is 1.99. The highest BCUT2D eigenvalue weighted by Gasteiger charge is 1.98. The summed E-state index contributed by atoms with van der Waals surface area (Å²) in [4.78, 5) is 0. The summed E-state index contributed by atoms with van der Waals surface area (Å²) < 4.78 is 5.31. The number of aliphatic hydroxyl groups is 1. The van der Waals surface area contributed by atoms with Crippen LogP contribution in [0, 0.1) is 6.92 Å². The Bertz CT molecular complexity index is 292. The Hall–Kier alpha value is -1.28. The second-order valence-electron chi connectivity index (χ2n) is 3.11. The van der Waals surface area contributed by atoms with Crippen LogP contribution in [0.25, 0.3) is 0 Å². The first-order valence-corrected chi connectivity index (χ1v) is 4.56. The second kappa shape index (κ2) is 5.45. The molecule has 1 rings (SSSR count). The van der Waals surface area contributed by atoms with E-state index in [1.807, 2.05) is 30.3 Å². The van der Waals surface area contributed by atoms with Crippen LogP contribution in [-0.2, 0) is 6.42 Å². The standard InChI is InChI=1S/C12H15O2/c1-3-5-11-6-4-7-12(8-11)14-9-10(2)13/h3-4,6-8,10,13H,1-2,5,9H2. The van der Waals surface area contributed by atoms with Gasteiger partial charge in [0.2, 0.25) is 0 Å². The van der Waals surface area contributed by atoms with Crippen molar-refractivity contribution >= 4 is 0 Å². The van der Waals surface area contributed by atoms with Gasteiger partial charge in [-0.15, -0.1) is 6.58 Å². The Morgan fingerprint density at radius 2 is 2.29 bits per heavy atom. The molecule has 1 N–H and O–H groups in total. The van der Waals surface area contributed by atoms with Crippen molar-refractivity contribution in [2.75, 3.05) is 6.61 Å². The van der Waals surface area contributed by atoms with Gasteiger partial charge >= 0.3 is 0 Å². The zero-order valence-electron chi connectivity index (χ0n) is 8.15. The molecule has 1 unspecified atom stereocenters. The quantitative estimate of drug-likeness (QED) is 0.721. The van der Waals surface area contributed by atoms with Gasteiger partial charge in [-0.3, -0.25) is 0 Å². The molecular weight excluding hydrogens is 176 g/mol. The Kier molecular flexibility index (Phi) is 4.20. The minimum Gasteiger partial charge on any atom is -0.491 e. The van der Waals surface area contributed by atoms with Crippen molar-refractivity contribution in [3.63, 3.8) is 0 Å². The Morgan fingerprint density at radius 1 is 1.50 bits per heavy atom. The van der Waals surface area contributed by atoms with Gasteiger partial charge in [0, 0.05) is 0 Å². The van der Waals surface area contributed by atoms with Crippen molar-refractivity contribution in [2.45, 2.75) is 12.5 Å². The van der Waals surface area contributed by atoms with Crippen LogP contribution in [0.1, 0.15) is 5.56 Å². The molecule has 0 aromatic heterocycles. The van der Waals surface area contributed by atoms with Crippen molar-refractivity contribution in [2.24, 2.45) is 0 Å². The lowest BCUT2D eigenvalue weighted by atomic mass is 10.1. The Morgan fingerprint density at radius 3 is 2.93 bits per heavy atom. The van der Waals surface area contributed by atoms with E-state index in [9.17, 15) is 0 Å². The van der Waals surface area contributed by atoms with Crippen LogP contribution in [0.15, 0.2) is 36.9 Å². The molecule has 0 saturated heterocycles. The molecule has 1 atom stereocenters. The summed E-state index contributed by atoms with van der Waals surface area (Å²) in [5.41, 5.74) is 1.15. The fourth-order valence-corrected chi connectivity index (χ4v) is 1.12. The van der Waals surface area contributed by atoms with Gasteiger partial charge in [0.05, 0.1) is 6.10 Å². The zero-order valence-corrected chi connectivity index (χ0v) is 8.15. The van der Waals surface area contributed by atoms with Crippen LogP contribution < -0.4 is 4.74 Å². The maximum absolute atomic E-state index is 8.93. The fourth-order valence-electron chi connectivity index (χ4n) is 1.12. The molecule has 1 radical (unpaired) electrons. The predicted molar refractivity (Wildman–Crippen MR) is 57.2 cm³/mol. The molecule has 0 aliphatic heterocycles. The van der Waals surface area contributed by atoms with E-state index in [-0.39, 0.29) is 6.61 Å². The molecule has 1 aromatic carbocycles. The topological polar surface area (TPSA) is 29.5 Å². The van der Waals surface area contributed by atoms with E-state index in [0.29, 0.717) is 0 Å². The van der Waals surface area contributed by atoms with Crippen molar-refractivity contribution in [1.82, 2.24) is 0 Å². The molecule has 2 nitrogen and oxygen atoms in total. The van der Waals surface area contributed by atoms with E-state index in [1.165, 1.54) is 0 Å². The number of rotatable bonds is 5. The minimum atomic E-state index is -0.682. The first-order chi connectivity index (χ1) is 6.72. The maximum atomic E-state index is 8.93. The largest absolute Gasteiger partial charge is 0.491 e. The van der Waals surface area contributed by atoms with Crippen molar-refractivity contribution < 1.29 is 9.84 Å². The van der Waals surface area contributed by atoms with Crippen molar-refractivity contribution in [1.29, 1.82) is 0 Å². The van der Waals surface area contributed by atoms with Gasteiger partial charge in [0.15, 0.2) is 0 Å². The Balaban J connectivity index is 2.58. The van der Waals surface area contributed by atoms with Crippen LogP contribution in [-0.4, -0.2) is 17.8 Å². The maximum Gasteiger partial charge on any atom is 0.119 e. The molecular formula is C12H15O2. The highest BCUT2D eigenvalue weighted by molar-refractivity contribution is 5.29. The molecule has 14 heavy (non-hydrogen) atoms. The van der Waals surface area contributed by atoms with E-state index in [0.717, 1.165) is 17.7 Å². The first-order valence-electron chi connectivity index (χ1n) is 4.56. The average Bonchev–Trinajstić information content (AvgIpc) is 2.16. The summed E-state index contributed by atoms with van der Waals surface area (Å²) in [7, 11) is 0. The van der Waals surface area contributed by atoms with E-state index in [2.05, 4.69) is 13.5 Å². The van der Waals surface area contributed by atoms with Gasteiger partial charge in [-0.2, -0.15) is 0 Å². The van der Waals surface area contributed by atoms with Crippen LogP contribution in [0.4, 0.5) is 0 Å². The summed E-state index contributed by atoms with van der Waals surface area (Å²) in [5.74, 6) is 0.757. The third-order valence-corrected chi connectivity index (χ3v) is 1.72. The third-order valence-electron chi connectivity index (χ3n) is 1.72. The van der Waals surface area contributed by atoms with E-state index >= 15 is 0 Å². The molecule has 1 aromatic rings. The van der Waals surface area contributed by atoms with Crippen LogP contribution in [0.5, 0.6) is 5.75 Å². The number of benzene rings is 1. The van der Waals surface area contributed by atoms with E-state index < -0.39 is 6.10 Å². The molecule has 0 bridgehead atoms. The van der Waals surface area contributed by atoms with E-state index in [4.69, 9.17) is 9.84 Å². The van der Waals surface area contributed by atoms with Crippen LogP contribution >= 0.6 is 0 Å². The van der Waals surface area contributed by atoms with Gasteiger partial charge in [0.25, 0.3) is 0 Å². The highest BCUT2D eigenvalue weighted by Crippen LogP contribution is 2.14. The monoisotopic (exact) mass is 191 g/mol. The summed E-state index contributed by atoms with van der Waals surface area (Å²) in [6.07, 6.45) is 1.98. The molecule has 0 aliphatic carbocycles. The zero-order chi connectivity index (χ0) is 10.4. The molecule has 0 spiro atoms. The van der Waals surface area contributed by atoms with E-state index in [1.54, 1.807) is 0 Å². The molecule has 75 valence electrons. The lowest BCUT2D eigenvalue weighted by molar-refractivity contribution is 0.142. The third kappa shape index (κ3) is 3.62. The van der Waals surface area contributed by atoms with Crippen molar-refractivity contribution in [3.8, 4) is 5.75 Å². The number of hydrogen-bond donors (Lipinski definition) is 1. The lowest BCUT2D eigenvalue weighted by Gasteiger charge is -2.08. The van der Waals surface area contributed by atoms with Crippen LogP contribution in [0.2, 0.25) is 0 Å². The molecule has 0 aliphatic rings. The first kappa shape index (κ1) is 10.8. The van der Waals surface area contributed by atoms with Crippen molar-refractivity contribution in [3.05, 3.63) is 49.4 Å². The van der Waals surface area contributed by atoms with Crippen LogP contribution in [0.3, 0.4) is 0 Å². The van der Waals surface area contributed by atoms with Gasteiger partial charge in [-0.1, -0.05) is 18.2 Å². The van der Waals surface area contributed by atoms with Gasteiger partial charge in [-0.25, -0.2) is 0 Å². The normalized spacial score (nSPS) is 12.1. The SMILES string of the molecule is [CH2]C(O)COc1cccc(CC=C)c1. The molecule has 0 fully saturated rings. The summed E-state index contributed by atoms with van der Waals surface area (Å²) in [6.45, 7) is 7.32. The Labute approximate surface area is 84.8 Å². The smallest absolute Gasteiger partial charge is 0.119 e. The summed E-state index contributed by atoms with van der Waals surface area (Å²) in [5, 5.41) is 8.93. The number of aliphatic hydroxyl groups excluding tert-OH is 1. The second-order valence-corrected chi connectivity index (χ2v) is 3.11. The van der Waals surface area contributed by atoms with Gasteiger partial charge in [0.1, 0.15) is 12.4 Å². The number of ether oxygens (including phenoxy) is 1. The van der Waals surface area contributed by atoms with Gasteiger partial charge in [-0.05, 0) is 31.0 Å². The molecule has 0 amide bonds. The molecule has 0 saturated carbocycles. The lowest BCUT2D eigenvalue weighted by Crippen LogP contribution is -2.13. The minimum absolute atomic E-state index is 0.220. The summed E-state index contributed by atoms with van der Waals surface area (Å²) in [6, 6.07) is 7.72. The number of allylic oxidation sites excluding steroid dienone is 1. The van der Waals surface area contributed by atoms with Gasteiger partial charge < -0.3 is 9.84 Å². The highest BCUT2D eigenvalue weighted by atomic mass is 16.5.